The van der Waals surface area contributed by atoms with Crippen LogP contribution in [0.15, 0.2) is 0 Å². The van der Waals surface area contributed by atoms with Crippen LogP contribution in [0.1, 0.15) is 59.3 Å². The molecule has 1 N–H and O–H groups in total. The molecule has 1 aliphatic carbocycles. The van der Waals surface area contributed by atoms with Crippen molar-refractivity contribution in [3.8, 4) is 0 Å². The van der Waals surface area contributed by atoms with Crippen LogP contribution >= 0.6 is 0 Å². The standard InChI is InChI=1S/C16H32N2/c1-4-10-18-11-8-15(9-12-18)17-16-7-5-6-13(2)14(16)3/h13-17H,4-12H2,1-3H3. The van der Waals surface area contributed by atoms with E-state index >= 15 is 0 Å². The number of hydrogen-bond donors (Lipinski definition) is 1. The summed E-state index contributed by atoms with van der Waals surface area (Å²) in [7, 11) is 0. The maximum Gasteiger partial charge on any atom is 0.00978 e. The lowest BCUT2D eigenvalue weighted by Crippen LogP contribution is -2.50. The first-order chi connectivity index (χ1) is 8.70. The molecule has 1 aliphatic heterocycles. The second kappa shape index (κ2) is 6.91. The van der Waals surface area contributed by atoms with E-state index in [1.165, 1.54) is 58.2 Å². The second-order valence-corrected chi connectivity index (χ2v) is 6.66. The van der Waals surface area contributed by atoms with Crippen molar-refractivity contribution in [2.24, 2.45) is 11.8 Å². The quantitative estimate of drug-likeness (QED) is 0.826. The van der Waals surface area contributed by atoms with Gasteiger partial charge in [0, 0.05) is 12.1 Å². The van der Waals surface area contributed by atoms with Crippen LogP contribution in [0, 0.1) is 11.8 Å². The molecule has 1 saturated heterocycles. The van der Waals surface area contributed by atoms with Gasteiger partial charge in [-0.25, -0.2) is 0 Å². The van der Waals surface area contributed by atoms with E-state index in [1.54, 1.807) is 0 Å². The topological polar surface area (TPSA) is 15.3 Å². The minimum Gasteiger partial charge on any atom is -0.311 e. The van der Waals surface area contributed by atoms with Crippen LogP contribution in [0.3, 0.4) is 0 Å². The van der Waals surface area contributed by atoms with Crippen molar-refractivity contribution < 1.29 is 0 Å². The Morgan fingerprint density at radius 1 is 1.06 bits per heavy atom. The Kier molecular flexibility index (Phi) is 5.50. The zero-order chi connectivity index (χ0) is 13.0. The second-order valence-electron chi connectivity index (χ2n) is 6.66. The molecule has 3 atom stereocenters. The Balaban J connectivity index is 1.74. The summed E-state index contributed by atoms with van der Waals surface area (Å²) in [6.45, 7) is 11.1. The highest BCUT2D eigenvalue weighted by atomic mass is 15.1. The molecule has 2 rings (SSSR count). The average Bonchev–Trinajstić information content (AvgIpc) is 2.38. The summed E-state index contributed by atoms with van der Waals surface area (Å²) in [4.78, 5) is 2.63. The van der Waals surface area contributed by atoms with Gasteiger partial charge in [0.1, 0.15) is 0 Å². The third-order valence-electron chi connectivity index (χ3n) is 5.28. The van der Waals surface area contributed by atoms with Crippen molar-refractivity contribution in [1.82, 2.24) is 10.2 Å². The molecule has 2 aliphatic rings. The molecule has 0 bridgehead atoms. The molecule has 0 spiro atoms. The molecule has 106 valence electrons. The molecule has 0 aromatic heterocycles. The monoisotopic (exact) mass is 252 g/mol. The summed E-state index contributed by atoms with van der Waals surface area (Å²) in [6, 6.07) is 1.58. The zero-order valence-electron chi connectivity index (χ0n) is 12.6. The fourth-order valence-corrected chi connectivity index (χ4v) is 3.76. The number of nitrogens with one attached hydrogen (secondary N) is 1. The molecular formula is C16H32N2. The van der Waals surface area contributed by atoms with Gasteiger partial charge in [0.05, 0.1) is 0 Å². The highest BCUT2D eigenvalue weighted by Crippen LogP contribution is 2.30. The van der Waals surface area contributed by atoms with Crippen molar-refractivity contribution in [2.45, 2.75) is 71.4 Å². The number of hydrogen-bond acceptors (Lipinski definition) is 2. The predicted molar refractivity (Wildman–Crippen MR) is 78.9 cm³/mol. The smallest absolute Gasteiger partial charge is 0.00978 e. The summed E-state index contributed by atoms with van der Waals surface area (Å²) < 4.78 is 0. The van der Waals surface area contributed by atoms with E-state index in [0.29, 0.717) is 0 Å². The SMILES string of the molecule is CCCN1CCC(NC2CCCC(C)C2C)CC1. The van der Waals surface area contributed by atoms with E-state index < -0.39 is 0 Å². The summed E-state index contributed by atoms with van der Waals surface area (Å²) >= 11 is 0. The van der Waals surface area contributed by atoms with Crippen molar-refractivity contribution >= 4 is 0 Å². The van der Waals surface area contributed by atoms with Gasteiger partial charge in [-0.1, -0.05) is 33.6 Å². The Morgan fingerprint density at radius 2 is 1.78 bits per heavy atom. The summed E-state index contributed by atoms with van der Waals surface area (Å²) in [5.41, 5.74) is 0. The number of piperidine rings is 1. The highest BCUT2D eigenvalue weighted by Gasteiger charge is 2.29. The van der Waals surface area contributed by atoms with Crippen LogP contribution in [-0.2, 0) is 0 Å². The minimum atomic E-state index is 0.788. The molecule has 1 saturated carbocycles. The van der Waals surface area contributed by atoms with Crippen LogP contribution in [0.2, 0.25) is 0 Å². The molecule has 2 heteroatoms. The fraction of sp³-hybridized carbons (Fsp3) is 1.00. The molecular weight excluding hydrogens is 220 g/mol. The maximum atomic E-state index is 3.97. The maximum absolute atomic E-state index is 3.97. The Labute approximate surface area is 114 Å². The first kappa shape index (κ1) is 14.3. The van der Waals surface area contributed by atoms with Crippen LogP contribution in [0.25, 0.3) is 0 Å². The third kappa shape index (κ3) is 3.71. The van der Waals surface area contributed by atoms with Gasteiger partial charge in [0.15, 0.2) is 0 Å². The van der Waals surface area contributed by atoms with Crippen LogP contribution in [0.4, 0.5) is 0 Å². The van der Waals surface area contributed by atoms with E-state index in [1.807, 2.05) is 0 Å². The zero-order valence-corrected chi connectivity index (χ0v) is 12.6. The van der Waals surface area contributed by atoms with Crippen LogP contribution in [0.5, 0.6) is 0 Å². The van der Waals surface area contributed by atoms with E-state index in [4.69, 9.17) is 0 Å². The van der Waals surface area contributed by atoms with Gasteiger partial charge in [-0.3, -0.25) is 0 Å². The first-order valence-corrected chi connectivity index (χ1v) is 8.19. The number of rotatable bonds is 4. The fourth-order valence-electron chi connectivity index (χ4n) is 3.76. The summed E-state index contributed by atoms with van der Waals surface area (Å²) in [5, 5.41) is 3.97. The molecule has 3 unspecified atom stereocenters. The summed E-state index contributed by atoms with van der Waals surface area (Å²) in [5.74, 6) is 1.78. The third-order valence-corrected chi connectivity index (χ3v) is 5.28. The molecule has 0 radical (unpaired) electrons. The van der Waals surface area contributed by atoms with E-state index in [9.17, 15) is 0 Å². The van der Waals surface area contributed by atoms with Gasteiger partial charge in [-0.2, -0.15) is 0 Å². The van der Waals surface area contributed by atoms with Crippen molar-refractivity contribution in [1.29, 1.82) is 0 Å². The van der Waals surface area contributed by atoms with Gasteiger partial charge in [0.25, 0.3) is 0 Å². The lowest BCUT2D eigenvalue weighted by atomic mass is 9.77. The van der Waals surface area contributed by atoms with E-state index in [2.05, 4.69) is 31.0 Å². The van der Waals surface area contributed by atoms with E-state index in [-0.39, 0.29) is 0 Å². The van der Waals surface area contributed by atoms with E-state index in [0.717, 1.165) is 23.9 Å². The molecule has 0 aromatic carbocycles. The van der Waals surface area contributed by atoms with Gasteiger partial charge in [-0.15, -0.1) is 0 Å². The molecule has 2 nitrogen and oxygen atoms in total. The van der Waals surface area contributed by atoms with Gasteiger partial charge < -0.3 is 10.2 Å². The van der Waals surface area contributed by atoms with Gasteiger partial charge >= 0.3 is 0 Å². The lowest BCUT2D eigenvalue weighted by molar-refractivity contribution is 0.151. The normalized spacial score (nSPS) is 35.8. The highest BCUT2D eigenvalue weighted by molar-refractivity contribution is 4.87. The largest absolute Gasteiger partial charge is 0.311 e. The van der Waals surface area contributed by atoms with Gasteiger partial charge in [-0.05, 0) is 57.2 Å². The molecule has 1 heterocycles. The molecule has 2 fully saturated rings. The molecule has 0 aromatic rings. The Bertz CT molecular complexity index is 233. The van der Waals surface area contributed by atoms with Crippen molar-refractivity contribution in [3.63, 3.8) is 0 Å². The van der Waals surface area contributed by atoms with Gasteiger partial charge in [0.2, 0.25) is 0 Å². The van der Waals surface area contributed by atoms with Crippen LogP contribution in [-0.4, -0.2) is 36.6 Å². The average molecular weight is 252 g/mol. The minimum absolute atomic E-state index is 0.788. The molecule has 0 amide bonds. The summed E-state index contributed by atoms with van der Waals surface area (Å²) in [6.07, 6.45) is 8.29. The van der Waals surface area contributed by atoms with Crippen molar-refractivity contribution in [3.05, 3.63) is 0 Å². The number of nitrogens with zero attached hydrogens (tertiary/aromatic N) is 1. The number of likely N-dealkylation sites (tertiary alicyclic amines) is 1. The Hall–Kier alpha value is -0.0800. The van der Waals surface area contributed by atoms with Crippen LogP contribution < -0.4 is 5.32 Å². The molecule has 18 heavy (non-hydrogen) atoms. The Morgan fingerprint density at radius 3 is 2.44 bits per heavy atom. The predicted octanol–water partition coefficient (Wildman–Crippen LogP) is 3.28. The first-order valence-electron chi connectivity index (χ1n) is 8.19. The lowest BCUT2D eigenvalue weighted by Gasteiger charge is -2.40. The van der Waals surface area contributed by atoms with Crippen molar-refractivity contribution in [2.75, 3.05) is 19.6 Å².